The number of aromatic nitrogens is 1. The summed E-state index contributed by atoms with van der Waals surface area (Å²) in [5, 5.41) is 1.28. The first-order valence-electron chi connectivity index (χ1n) is 6.35. The summed E-state index contributed by atoms with van der Waals surface area (Å²) in [4.78, 5) is 4.47. The Labute approximate surface area is 129 Å². The van der Waals surface area contributed by atoms with Crippen LogP contribution in [-0.4, -0.2) is 4.98 Å². The van der Waals surface area contributed by atoms with Crippen LogP contribution in [0.1, 0.15) is 28.6 Å². The molecule has 2 aromatic rings. The van der Waals surface area contributed by atoms with Crippen molar-refractivity contribution in [3.63, 3.8) is 0 Å². The van der Waals surface area contributed by atoms with Gasteiger partial charge in [-0.1, -0.05) is 35.3 Å². The summed E-state index contributed by atoms with van der Waals surface area (Å²) in [6, 6.07) is 9.48. The maximum Gasteiger partial charge on any atom is 0.0518 e. The summed E-state index contributed by atoms with van der Waals surface area (Å²) in [6.45, 7) is 3.95. The van der Waals surface area contributed by atoms with Gasteiger partial charge < -0.3 is 0 Å². The third-order valence-electron chi connectivity index (χ3n) is 3.28. The highest BCUT2D eigenvalue weighted by atomic mass is 35.5. The summed E-state index contributed by atoms with van der Waals surface area (Å²) in [6.07, 6.45) is 0.679. The maximum atomic E-state index is 6.21. The molecule has 5 heteroatoms. The number of nitrogens with two attached hydrogens (primary N) is 1. The van der Waals surface area contributed by atoms with Crippen molar-refractivity contribution in [2.45, 2.75) is 26.3 Å². The van der Waals surface area contributed by atoms with Crippen LogP contribution in [0.15, 0.2) is 30.3 Å². The molecule has 0 saturated heterocycles. The highest BCUT2D eigenvalue weighted by molar-refractivity contribution is 6.35. The van der Waals surface area contributed by atoms with Crippen LogP contribution in [-0.2, 0) is 6.42 Å². The molecule has 0 aliphatic rings. The van der Waals surface area contributed by atoms with Crippen LogP contribution in [0.3, 0.4) is 0 Å². The van der Waals surface area contributed by atoms with E-state index in [0.717, 1.165) is 22.5 Å². The molecule has 0 fully saturated rings. The number of hydrazine groups is 1. The maximum absolute atomic E-state index is 6.21. The van der Waals surface area contributed by atoms with E-state index in [1.54, 1.807) is 6.07 Å². The van der Waals surface area contributed by atoms with E-state index in [9.17, 15) is 0 Å². The van der Waals surface area contributed by atoms with Crippen LogP contribution in [0, 0.1) is 13.8 Å². The lowest BCUT2D eigenvalue weighted by Gasteiger charge is -2.19. The molecule has 0 spiro atoms. The number of hydrogen-bond donors (Lipinski definition) is 2. The van der Waals surface area contributed by atoms with Gasteiger partial charge in [0.15, 0.2) is 0 Å². The minimum absolute atomic E-state index is 0.0400. The van der Waals surface area contributed by atoms with Gasteiger partial charge in [-0.15, -0.1) is 0 Å². The summed E-state index contributed by atoms with van der Waals surface area (Å²) in [5.74, 6) is 5.69. The fourth-order valence-corrected chi connectivity index (χ4v) is 2.72. The third kappa shape index (κ3) is 3.49. The number of halogens is 2. The Balaban J connectivity index is 2.28. The lowest BCUT2D eigenvalue weighted by atomic mass is 9.98. The van der Waals surface area contributed by atoms with Crippen LogP contribution >= 0.6 is 23.2 Å². The molecule has 1 aromatic carbocycles. The molecule has 2 rings (SSSR count). The van der Waals surface area contributed by atoms with E-state index in [1.165, 1.54) is 0 Å². The van der Waals surface area contributed by atoms with Crippen molar-refractivity contribution in [1.29, 1.82) is 0 Å². The second kappa shape index (κ2) is 6.55. The predicted molar refractivity (Wildman–Crippen MR) is 83.9 cm³/mol. The number of nitrogens with zero attached hydrogens (tertiary/aromatic N) is 1. The van der Waals surface area contributed by atoms with Crippen molar-refractivity contribution in [2.75, 3.05) is 0 Å². The topological polar surface area (TPSA) is 50.9 Å². The molecule has 106 valence electrons. The van der Waals surface area contributed by atoms with Gasteiger partial charge >= 0.3 is 0 Å². The molecule has 0 amide bonds. The molecule has 1 atom stereocenters. The Morgan fingerprint density at radius 2 is 1.95 bits per heavy atom. The molecular formula is C15H17Cl2N3. The number of nitrogens with one attached hydrogen (secondary N) is 1. The van der Waals surface area contributed by atoms with Gasteiger partial charge in [-0.3, -0.25) is 16.3 Å². The SMILES string of the molecule is Cc1ccc(C(Cc2ccc(Cl)cc2Cl)NN)c(C)n1. The van der Waals surface area contributed by atoms with E-state index >= 15 is 0 Å². The molecule has 0 bridgehead atoms. The largest absolute Gasteiger partial charge is 0.271 e. The van der Waals surface area contributed by atoms with Crippen molar-refractivity contribution in [1.82, 2.24) is 10.4 Å². The van der Waals surface area contributed by atoms with Gasteiger partial charge in [-0.05, 0) is 49.6 Å². The van der Waals surface area contributed by atoms with E-state index in [0.29, 0.717) is 16.5 Å². The Bertz CT molecular complexity index is 614. The fourth-order valence-electron chi connectivity index (χ4n) is 2.23. The van der Waals surface area contributed by atoms with E-state index in [2.05, 4.69) is 10.4 Å². The van der Waals surface area contributed by atoms with Crippen LogP contribution in [0.2, 0.25) is 10.0 Å². The smallest absolute Gasteiger partial charge is 0.0518 e. The average Bonchev–Trinajstić information content (AvgIpc) is 2.39. The summed E-state index contributed by atoms with van der Waals surface area (Å²) >= 11 is 12.1. The highest BCUT2D eigenvalue weighted by Gasteiger charge is 2.15. The van der Waals surface area contributed by atoms with Gasteiger partial charge in [0.1, 0.15) is 0 Å². The van der Waals surface area contributed by atoms with Crippen LogP contribution < -0.4 is 11.3 Å². The molecule has 0 radical (unpaired) electrons. The Hall–Kier alpha value is -1.13. The monoisotopic (exact) mass is 309 g/mol. The first-order chi connectivity index (χ1) is 9.51. The number of pyridine rings is 1. The van der Waals surface area contributed by atoms with Gasteiger partial charge in [0, 0.05) is 21.4 Å². The fraction of sp³-hybridized carbons (Fsp3) is 0.267. The van der Waals surface area contributed by atoms with Crippen LogP contribution in [0.25, 0.3) is 0 Å². The van der Waals surface area contributed by atoms with Crippen LogP contribution in [0.5, 0.6) is 0 Å². The first kappa shape index (κ1) is 15.3. The molecule has 1 unspecified atom stereocenters. The number of hydrogen-bond acceptors (Lipinski definition) is 3. The molecule has 3 nitrogen and oxygen atoms in total. The quantitative estimate of drug-likeness (QED) is 0.668. The summed E-state index contributed by atoms with van der Waals surface area (Å²) in [5.41, 5.74) is 6.87. The van der Waals surface area contributed by atoms with E-state index in [1.807, 2.05) is 38.1 Å². The lowest BCUT2D eigenvalue weighted by Crippen LogP contribution is -2.30. The zero-order valence-corrected chi connectivity index (χ0v) is 13.0. The van der Waals surface area contributed by atoms with Crippen molar-refractivity contribution >= 4 is 23.2 Å². The van der Waals surface area contributed by atoms with Gasteiger partial charge in [0.2, 0.25) is 0 Å². The molecule has 0 saturated carbocycles. The molecule has 1 heterocycles. The third-order valence-corrected chi connectivity index (χ3v) is 3.87. The molecule has 0 aliphatic carbocycles. The standard InChI is InChI=1S/C15H17Cl2N3/c1-9-3-6-13(10(2)19-9)15(20-18)7-11-4-5-12(16)8-14(11)17/h3-6,8,15,20H,7,18H2,1-2H3. The van der Waals surface area contributed by atoms with Gasteiger partial charge in [-0.2, -0.15) is 0 Å². The Morgan fingerprint density at radius 3 is 2.55 bits per heavy atom. The molecular weight excluding hydrogens is 293 g/mol. The molecule has 1 aromatic heterocycles. The lowest BCUT2D eigenvalue weighted by molar-refractivity contribution is 0.547. The Morgan fingerprint density at radius 1 is 1.20 bits per heavy atom. The van der Waals surface area contributed by atoms with Crippen molar-refractivity contribution < 1.29 is 0 Å². The van der Waals surface area contributed by atoms with Gasteiger partial charge in [0.25, 0.3) is 0 Å². The average molecular weight is 310 g/mol. The molecule has 0 aliphatic heterocycles. The minimum atomic E-state index is -0.0400. The molecule has 3 N–H and O–H groups in total. The van der Waals surface area contributed by atoms with Crippen molar-refractivity contribution in [3.8, 4) is 0 Å². The zero-order valence-electron chi connectivity index (χ0n) is 11.5. The predicted octanol–water partition coefficient (Wildman–Crippen LogP) is 3.75. The van der Waals surface area contributed by atoms with Crippen molar-refractivity contribution in [2.24, 2.45) is 5.84 Å². The second-order valence-electron chi connectivity index (χ2n) is 4.79. The van der Waals surface area contributed by atoms with Crippen LogP contribution in [0.4, 0.5) is 0 Å². The van der Waals surface area contributed by atoms with E-state index < -0.39 is 0 Å². The zero-order chi connectivity index (χ0) is 14.7. The number of aryl methyl sites for hydroxylation is 2. The first-order valence-corrected chi connectivity index (χ1v) is 7.11. The van der Waals surface area contributed by atoms with Gasteiger partial charge in [-0.25, -0.2) is 0 Å². The number of rotatable bonds is 4. The minimum Gasteiger partial charge on any atom is -0.271 e. The van der Waals surface area contributed by atoms with E-state index in [-0.39, 0.29) is 6.04 Å². The summed E-state index contributed by atoms with van der Waals surface area (Å²) in [7, 11) is 0. The second-order valence-corrected chi connectivity index (χ2v) is 5.63. The number of benzene rings is 1. The van der Waals surface area contributed by atoms with Crippen molar-refractivity contribution in [3.05, 3.63) is 62.9 Å². The van der Waals surface area contributed by atoms with Gasteiger partial charge in [0.05, 0.1) is 6.04 Å². The Kier molecular flexibility index (Phi) is 5.00. The van der Waals surface area contributed by atoms with E-state index in [4.69, 9.17) is 29.0 Å². The normalized spacial score (nSPS) is 12.4. The molecule has 20 heavy (non-hydrogen) atoms. The summed E-state index contributed by atoms with van der Waals surface area (Å²) < 4.78 is 0. The highest BCUT2D eigenvalue weighted by Crippen LogP contribution is 2.26.